The Morgan fingerprint density at radius 1 is 1.10 bits per heavy atom. The summed E-state index contributed by atoms with van der Waals surface area (Å²) < 4.78 is 5.21. The Hall–Kier alpha value is -1.91. The summed E-state index contributed by atoms with van der Waals surface area (Å²) in [5.74, 6) is 1.87. The van der Waals surface area contributed by atoms with Gasteiger partial charge in [0.25, 0.3) is 0 Å². The molecule has 0 fully saturated rings. The molecule has 20 heavy (non-hydrogen) atoms. The Morgan fingerprint density at radius 2 is 1.80 bits per heavy atom. The van der Waals surface area contributed by atoms with E-state index in [-0.39, 0.29) is 6.04 Å². The Bertz CT molecular complexity index is 584. The molecule has 108 valence electrons. The van der Waals surface area contributed by atoms with Crippen LogP contribution in [-0.4, -0.2) is 15.1 Å². The zero-order valence-corrected chi connectivity index (χ0v) is 13.0. The molecule has 1 unspecified atom stereocenters. The first-order valence-corrected chi connectivity index (χ1v) is 6.93. The highest BCUT2D eigenvalue weighted by atomic mass is 16.5. The van der Waals surface area contributed by atoms with Gasteiger partial charge >= 0.3 is 0 Å². The van der Waals surface area contributed by atoms with E-state index in [2.05, 4.69) is 41.2 Å². The molecule has 0 amide bonds. The van der Waals surface area contributed by atoms with Gasteiger partial charge in [0, 0.05) is 17.0 Å². The van der Waals surface area contributed by atoms with E-state index in [4.69, 9.17) is 4.52 Å². The van der Waals surface area contributed by atoms with Crippen LogP contribution in [0.2, 0.25) is 0 Å². The lowest BCUT2D eigenvalue weighted by atomic mass is 10.1. The third-order valence-electron chi connectivity index (χ3n) is 3.33. The summed E-state index contributed by atoms with van der Waals surface area (Å²) >= 11 is 0. The summed E-state index contributed by atoms with van der Waals surface area (Å²) in [5.41, 5.74) is 3.99. The average Bonchev–Trinajstić information content (AvgIpc) is 2.68. The van der Waals surface area contributed by atoms with Crippen molar-refractivity contribution < 1.29 is 4.52 Å². The molecule has 0 spiro atoms. The number of rotatable bonds is 4. The van der Waals surface area contributed by atoms with Crippen LogP contribution in [0.3, 0.4) is 0 Å². The van der Waals surface area contributed by atoms with Crippen molar-refractivity contribution in [1.82, 2.24) is 15.1 Å². The molecule has 0 aliphatic heterocycles. The van der Waals surface area contributed by atoms with Gasteiger partial charge in [0.05, 0.1) is 11.7 Å². The molecule has 2 aromatic rings. The van der Waals surface area contributed by atoms with Crippen molar-refractivity contribution in [2.45, 2.75) is 53.5 Å². The van der Waals surface area contributed by atoms with E-state index in [0.29, 0.717) is 11.9 Å². The normalized spacial score (nSPS) is 12.8. The molecule has 0 bridgehead atoms. The highest BCUT2D eigenvalue weighted by Crippen LogP contribution is 2.24. The van der Waals surface area contributed by atoms with Gasteiger partial charge in [0.2, 0.25) is 5.95 Å². The van der Waals surface area contributed by atoms with Gasteiger partial charge in [-0.2, -0.15) is 0 Å². The van der Waals surface area contributed by atoms with E-state index in [1.165, 1.54) is 0 Å². The Labute approximate surface area is 119 Å². The zero-order valence-electron chi connectivity index (χ0n) is 13.0. The number of aryl methyl sites for hydroxylation is 3. The quantitative estimate of drug-likeness (QED) is 0.921. The fourth-order valence-corrected chi connectivity index (χ4v) is 2.33. The van der Waals surface area contributed by atoms with Gasteiger partial charge in [-0.25, -0.2) is 9.97 Å². The van der Waals surface area contributed by atoms with Crippen molar-refractivity contribution in [2.75, 3.05) is 5.32 Å². The minimum atomic E-state index is 0.0584. The van der Waals surface area contributed by atoms with E-state index < -0.39 is 0 Å². The van der Waals surface area contributed by atoms with E-state index in [0.717, 1.165) is 28.4 Å². The molecule has 0 saturated heterocycles. The molecule has 2 heterocycles. The maximum atomic E-state index is 5.21. The van der Waals surface area contributed by atoms with Crippen molar-refractivity contribution in [3.8, 4) is 0 Å². The molecule has 1 N–H and O–H groups in total. The monoisotopic (exact) mass is 274 g/mol. The zero-order chi connectivity index (χ0) is 14.9. The maximum Gasteiger partial charge on any atom is 0.223 e. The summed E-state index contributed by atoms with van der Waals surface area (Å²) in [6.07, 6.45) is 0. The number of hydrogen-bond acceptors (Lipinski definition) is 5. The van der Waals surface area contributed by atoms with Crippen LogP contribution in [0.4, 0.5) is 5.95 Å². The second-order valence-corrected chi connectivity index (χ2v) is 5.52. The van der Waals surface area contributed by atoms with E-state index >= 15 is 0 Å². The lowest BCUT2D eigenvalue weighted by Crippen LogP contribution is -2.12. The predicted molar refractivity (Wildman–Crippen MR) is 78.9 cm³/mol. The number of anilines is 1. The van der Waals surface area contributed by atoms with Gasteiger partial charge in [-0.1, -0.05) is 19.0 Å². The number of nitrogens with one attached hydrogen (secondary N) is 1. The molecule has 0 aliphatic rings. The van der Waals surface area contributed by atoms with Gasteiger partial charge in [0.15, 0.2) is 0 Å². The van der Waals surface area contributed by atoms with Gasteiger partial charge in [-0.3, -0.25) is 0 Å². The summed E-state index contributed by atoms with van der Waals surface area (Å²) in [6.45, 7) is 12.2. The van der Waals surface area contributed by atoms with Crippen LogP contribution in [-0.2, 0) is 0 Å². The number of aromatic nitrogens is 3. The van der Waals surface area contributed by atoms with Crippen LogP contribution in [0, 0.1) is 20.8 Å². The lowest BCUT2D eigenvalue weighted by Gasteiger charge is -2.15. The standard InChI is InChI=1S/C15H22N4O/c1-8(2)13-7-9(3)16-15(18-13)17-10(4)14-11(5)19-20-12(14)6/h7-8,10H,1-6H3,(H,16,17,18). The molecular weight excluding hydrogens is 252 g/mol. The second kappa shape index (κ2) is 5.61. The molecule has 2 aromatic heterocycles. The van der Waals surface area contributed by atoms with Crippen molar-refractivity contribution in [1.29, 1.82) is 0 Å². The SMILES string of the molecule is Cc1cc(C(C)C)nc(NC(C)c2c(C)noc2C)n1. The van der Waals surface area contributed by atoms with Crippen LogP contribution < -0.4 is 5.32 Å². The number of hydrogen-bond donors (Lipinski definition) is 1. The molecule has 2 rings (SSSR count). The van der Waals surface area contributed by atoms with Crippen molar-refractivity contribution in [3.63, 3.8) is 0 Å². The molecule has 0 aliphatic carbocycles. The van der Waals surface area contributed by atoms with E-state index in [1.54, 1.807) is 0 Å². The van der Waals surface area contributed by atoms with Crippen LogP contribution >= 0.6 is 0 Å². The van der Waals surface area contributed by atoms with Crippen LogP contribution in [0.5, 0.6) is 0 Å². The Kier molecular flexibility index (Phi) is 4.06. The van der Waals surface area contributed by atoms with Crippen LogP contribution in [0.15, 0.2) is 10.6 Å². The lowest BCUT2D eigenvalue weighted by molar-refractivity contribution is 0.392. The first-order valence-electron chi connectivity index (χ1n) is 6.93. The van der Waals surface area contributed by atoms with Gasteiger partial charge in [-0.15, -0.1) is 0 Å². The summed E-state index contributed by atoms with van der Waals surface area (Å²) in [4.78, 5) is 9.02. The molecular formula is C15H22N4O. The molecule has 0 aromatic carbocycles. The molecule has 0 saturated carbocycles. The first kappa shape index (κ1) is 14.5. The molecule has 1 atom stereocenters. The second-order valence-electron chi connectivity index (χ2n) is 5.52. The van der Waals surface area contributed by atoms with Gasteiger partial charge in [0.1, 0.15) is 5.76 Å². The van der Waals surface area contributed by atoms with Crippen molar-refractivity contribution >= 4 is 5.95 Å². The van der Waals surface area contributed by atoms with E-state index in [1.807, 2.05) is 26.8 Å². The van der Waals surface area contributed by atoms with Gasteiger partial charge in [-0.05, 0) is 39.7 Å². The molecule has 0 radical (unpaired) electrons. The fourth-order valence-electron chi connectivity index (χ4n) is 2.33. The largest absolute Gasteiger partial charge is 0.361 e. The van der Waals surface area contributed by atoms with Crippen molar-refractivity contribution in [2.24, 2.45) is 0 Å². The Balaban J connectivity index is 2.26. The smallest absolute Gasteiger partial charge is 0.223 e. The third-order valence-corrected chi connectivity index (χ3v) is 3.33. The van der Waals surface area contributed by atoms with Gasteiger partial charge < -0.3 is 9.84 Å². The van der Waals surface area contributed by atoms with Crippen LogP contribution in [0.1, 0.15) is 61.1 Å². The predicted octanol–water partition coefficient (Wildman–Crippen LogP) is 3.69. The maximum absolute atomic E-state index is 5.21. The van der Waals surface area contributed by atoms with E-state index in [9.17, 15) is 0 Å². The Morgan fingerprint density at radius 3 is 2.35 bits per heavy atom. The topological polar surface area (TPSA) is 63.8 Å². The summed E-state index contributed by atoms with van der Waals surface area (Å²) in [5, 5.41) is 7.33. The summed E-state index contributed by atoms with van der Waals surface area (Å²) in [7, 11) is 0. The third kappa shape index (κ3) is 2.98. The highest BCUT2D eigenvalue weighted by Gasteiger charge is 2.17. The van der Waals surface area contributed by atoms with Crippen LogP contribution in [0.25, 0.3) is 0 Å². The van der Waals surface area contributed by atoms with Crippen molar-refractivity contribution in [3.05, 3.63) is 34.5 Å². The average molecular weight is 274 g/mol. The summed E-state index contributed by atoms with van der Waals surface area (Å²) in [6, 6.07) is 2.08. The molecule has 5 nitrogen and oxygen atoms in total. The number of nitrogens with zero attached hydrogens (tertiary/aromatic N) is 3. The minimum Gasteiger partial charge on any atom is -0.361 e. The first-order chi connectivity index (χ1) is 9.38. The minimum absolute atomic E-state index is 0.0584. The molecule has 5 heteroatoms. The highest BCUT2D eigenvalue weighted by molar-refractivity contribution is 5.36. The fraction of sp³-hybridized carbons (Fsp3) is 0.533.